The SMILES string of the molecule is O=C(CNC1CC1)N1CCCC1CCCO. The van der Waals surface area contributed by atoms with Crippen LogP contribution < -0.4 is 5.32 Å². The number of amides is 1. The minimum absolute atomic E-state index is 0.235. The average molecular weight is 226 g/mol. The van der Waals surface area contributed by atoms with E-state index in [-0.39, 0.29) is 12.5 Å². The maximum atomic E-state index is 12.0. The van der Waals surface area contributed by atoms with Crippen molar-refractivity contribution in [2.45, 2.75) is 50.6 Å². The monoisotopic (exact) mass is 226 g/mol. The van der Waals surface area contributed by atoms with Gasteiger partial charge in [0.1, 0.15) is 0 Å². The molecule has 1 unspecified atom stereocenters. The molecule has 1 aliphatic heterocycles. The lowest BCUT2D eigenvalue weighted by atomic mass is 10.1. The second kappa shape index (κ2) is 5.64. The van der Waals surface area contributed by atoms with E-state index in [2.05, 4.69) is 5.32 Å². The summed E-state index contributed by atoms with van der Waals surface area (Å²) < 4.78 is 0. The number of aliphatic hydroxyl groups is 1. The normalized spacial score (nSPS) is 25.1. The van der Waals surface area contributed by atoms with Gasteiger partial charge in [-0.05, 0) is 38.5 Å². The highest BCUT2D eigenvalue weighted by molar-refractivity contribution is 5.79. The summed E-state index contributed by atoms with van der Waals surface area (Å²) in [6, 6.07) is 0.975. The minimum Gasteiger partial charge on any atom is -0.396 e. The van der Waals surface area contributed by atoms with Gasteiger partial charge in [0.15, 0.2) is 0 Å². The van der Waals surface area contributed by atoms with Crippen molar-refractivity contribution in [1.29, 1.82) is 0 Å². The molecular formula is C12H22N2O2. The van der Waals surface area contributed by atoms with Gasteiger partial charge in [0.05, 0.1) is 6.54 Å². The largest absolute Gasteiger partial charge is 0.396 e. The van der Waals surface area contributed by atoms with E-state index in [0.717, 1.165) is 32.2 Å². The van der Waals surface area contributed by atoms with E-state index in [9.17, 15) is 4.79 Å². The molecular weight excluding hydrogens is 204 g/mol. The van der Waals surface area contributed by atoms with Crippen LogP contribution in [-0.2, 0) is 4.79 Å². The third kappa shape index (κ3) is 3.19. The number of rotatable bonds is 6. The molecule has 0 spiro atoms. The Morgan fingerprint density at radius 3 is 2.88 bits per heavy atom. The molecule has 16 heavy (non-hydrogen) atoms. The van der Waals surface area contributed by atoms with Crippen LogP contribution in [0.4, 0.5) is 0 Å². The van der Waals surface area contributed by atoms with Gasteiger partial charge in [0.25, 0.3) is 0 Å². The molecule has 1 amide bonds. The van der Waals surface area contributed by atoms with Crippen LogP contribution >= 0.6 is 0 Å². The molecule has 0 radical (unpaired) electrons. The van der Waals surface area contributed by atoms with Crippen molar-refractivity contribution < 1.29 is 9.90 Å². The number of hydrogen-bond donors (Lipinski definition) is 2. The van der Waals surface area contributed by atoms with Crippen molar-refractivity contribution in [3.8, 4) is 0 Å². The fourth-order valence-corrected chi connectivity index (χ4v) is 2.41. The first-order chi connectivity index (χ1) is 7.81. The molecule has 0 aromatic heterocycles. The molecule has 92 valence electrons. The Labute approximate surface area is 97.0 Å². The first kappa shape index (κ1) is 11.9. The van der Waals surface area contributed by atoms with Crippen molar-refractivity contribution in [3.63, 3.8) is 0 Å². The van der Waals surface area contributed by atoms with Crippen LogP contribution in [0.3, 0.4) is 0 Å². The van der Waals surface area contributed by atoms with Crippen LogP contribution in [-0.4, -0.2) is 47.7 Å². The molecule has 1 aliphatic carbocycles. The van der Waals surface area contributed by atoms with Crippen LogP contribution in [0.2, 0.25) is 0 Å². The molecule has 2 rings (SSSR count). The topological polar surface area (TPSA) is 52.6 Å². The van der Waals surface area contributed by atoms with Gasteiger partial charge in [-0.25, -0.2) is 0 Å². The van der Waals surface area contributed by atoms with Crippen LogP contribution in [0.15, 0.2) is 0 Å². The molecule has 1 atom stereocenters. The molecule has 2 N–H and O–H groups in total. The van der Waals surface area contributed by atoms with Gasteiger partial charge in [-0.1, -0.05) is 0 Å². The fourth-order valence-electron chi connectivity index (χ4n) is 2.41. The second-order valence-electron chi connectivity index (χ2n) is 4.90. The zero-order chi connectivity index (χ0) is 11.4. The molecule has 0 aromatic rings. The first-order valence-corrected chi connectivity index (χ1v) is 6.45. The van der Waals surface area contributed by atoms with E-state index in [4.69, 9.17) is 5.11 Å². The second-order valence-corrected chi connectivity index (χ2v) is 4.90. The smallest absolute Gasteiger partial charge is 0.236 e. The van der Waals surface area contributed by atoms with Gasteiger partial charge in [-0.3, -0.25) is 4.79 Å². The first-order valence-electron chi connectivity index (χ1n) is 6.45. The highest BCUT2D eigenvalue weighted by Crippen LogP contribution is 2.22. The summed E-state index contributed by atoms with van der Waals surface area (Å²) >= 11 is 0. The van der Waals surface area contributed by atoms with Gasteiger partial charge in [0, 0.05) is 25.2 Å². The molecule has 4 nitrogen and oxygen atoms in total. The van der Waals surface area contributed by atoms with Gasteiger partial charge in [-0.15, -0.1) is 0 Å². The van der Waals surface area contributed by atoms with Crippen molar-refractivity contribution in [3.05, 3.63) is 0 Å². The van der Waals surface area contributed by atoms with Gasteiger partial charge < -0.3 is 15.3 Å². The lowest BCUT2D eigenvalue weighted by Crippen LogP contribution is -2.41. The Hall–Kier alpha value is -0.610. The molecule has 1 saturated heterocycles. The predicted molar refractivity (Wildman–Crippen MR) is 62.1 cm³/mol. The number of carbonyl (C=O) groups is 1. The summed E-state index contributed by atoms with van der Waals surface area (Å²) in [4.78, 5) is 14.0. The van der Waals surface area contributed by atoms with Crippen molar-refractivity contribution in [1.82, 2.24) is 10.2 Å². The number of hydrogen-bond acceptors (Lipinski definition) is 3. The maximum absolute atomic E-state index is 12.0. The van der Waals surface area contributed by atoms with Crippen molar-refractivity contribution >= 4 is 5.91 Å². The molecule has 0 aromatic carbocycles. The Kier molecular flexibility index (Phi) is 4.18. The third-order valence-corrected chi connectivity index (χ3v) is 3.51. The molecule has 0 bridgehead atoms. The summed E-state index contributed by atoms with van der Waals surface area (Å²) in [6.07, 6.45) is 6.43. The summed E-state index contributed by atoms with van der Waals surface area (Å²) in [5.41, 5.74) is 0. The van der Waals surface area contributed by atoms with Crippen LogP contribution in [0, 0.1) is 0 Å². The van der Waals surface area contributed by atoms with Gasteiger partial charge in [-0.2, -0.15) is 0 Å². The van der Waals surface area contributed by atoms with E-state index in [1.54, 1.807) is 0 Å². The third-order valence-electron chi connectivity index (χ3n) is 3.51. The number of nitrogens with one attached hydrogen (secondary N) is 1. The zero-order valence-electron chi connectivity index (χ0n) is 9.82. The van der Waals surface area contributed by atoms with Crippen LogP contribution in [0.1, 0.15) is 38.5 Å². The Morgan fingerprint density at radius 1 is 1.38 bits per heavy atom. The lowest BCUT2D eigenvalue weighted by molar-refractivity contribution is -0.131. The van der Waals surface area contributed by atoms with Crippen molar-refractivity contribution in [2.24, 2.45) is 0 Å². The van der Waals surface area contributed by atoms with E-state index < -0.39 is 0 Å². The quantitative estimate of drug-likeness (QED) is 0.693. The summed E-state index contributed by atoms with van der Waals surface area (Å²) in [6.45, 7) is 1.64. The number of likely N-dealkylation sites (tertiary alicyclic amines) is 1. The number of carbonyl (C=O) groups excluding carboxylic acids is 1. The van der Waals surface area contributed by atoms with Crippen molar-refractivity contribution in [2.75, 3.05) is 19.7 Å². The fraction of sp³-hybridized carbons (Fsp3) is 0.917. The predicted octanol–water partition coefficient (Wildman–Crippen LogP) is 0.502. The Balaban J connectivity index is 1.73. The van der Waals surface area contributed by atoms with Crippen LogP contribution in [0.25, 0.3) is 0 Å². The Bertz CT molecular complexity index is 241. The lowest BCUT2D eigenvalue weighted by Gasteiger charge is -2.24. The van der Waals surface area contributed by atoms with Crippen LogP contribution in [0.5, 0.6) is 0 Å². The molecule has 2 fully saturated rings. The van der Waals surface area contributed by atoms with Gasteiger partial charge >= 0.3 is 0 Å². The number of nitrogens with zero attached hydrogens (tertiary/aromatic N) is 1. The Morgan fingerprint density at radius 2 is 2.19 bits per heavy atom. The average Bonchev–Trinajstić information content (AvgIpc) is 3.00. The zero-order valence-corrected chi connectivity index (χ0v) is 9.82. The molecule has 1 heterocycles. The van der Waals surface area contributed by atoms with E-state index in [1.807, 2.05) is 4.90 Å². The highest BCUT2D eigenvalue weighted by atomic mass is 16.3. The van der Waals surface area contributed by atoms with Gasteiger partial charge in [0.2, 0.25) is 5.91 Å². The summed E-state index contributed by atoms with van der Waals surface area (Å²) in [5.74, 6) is 0.243. The standard InChI is InChI=1S/C12H22N2O2/c15-8-2-4-11-3-1-7-14(11)12(16)9-13-10-5-6-10/h10-11,13,15H,1-9H2. The number of aliphatic hydroxyl groups excluding tert-OH is 1. The highest BCUT2D eigenvalue weighted by Gasteiger charge is 2.29. The molecule has 1 saturated carbocycles. The minimum atomic E-state index is 0.235. The molecule has 2 aliphatic rings. The van der Waals surface area contributed by atoms with E-state index in [0.29, 0.717) is 18.6 Å². The van der Waals surface area contributed by atoms with E-state index >= 15 is 0 Å². The summed E-state index contributed by atoms with van der Waals surface area (Å²) in [5, 5.41) is 12.1. The summed E-state index contributed by atoms with van der Waals surface area (Å²) in [7, 11) is 0. The van der Waals surface area contributed by atoms with E-state index in [1.165, 1.54) is 12.8 Å². The molecule has 4 heteroatoms. The maximum Gasteiger partial charge on any atom is 0.236 e.